The standard InChI is InChI=1S/C18H30N4O3/c1-12(2)14-13(9-21(6)20-14)15-18(24-8-7-19-15)10-22(11-18)16(23)25-17(3,4)5/h9,12,15,19H,7-8,10-11H2,1-6H3. The predicted molar refractivity (Wildman–Crippen MR) is 94.5 cm³/mol. The minimum Gasteiger partial charge on any atom is -0.444 e. The van der Waals surface area contributed by atoms with E-state index in [-0.39, 0.29) is 12.1 Å². The molecule has 7 heteroatoms. The number of hydrogen-bond donors (Lipinski definition) is 1. The average molecular weight is 350 g/mol. The van der Waals surface area contributed by atoms with Crippen molar-refractivity contribution in [1.82, 2.24) is 20.0 Å². The number of nitrogens with zero attached hydrogens (tertiary/aromatic N) is 3. The van der Waals surface area contributed by atoms with Gasteiger partial charge < -0.3 is 19.7 Å². The molecule has 0 saturated carbocycles. The van der Waals surface area contributed by atoms with Gasteiger partial charge in [-0.15, -0.1) is 0 Å². The second-order valence-electron chi connectivity index (χ2n) is 8.43. The molecule has 2 fully saturated rings. The number of morpholine rings is 1. The smallest absolute Gasteiger partial charge is 0.410 e. The third kappa shape index (κ3) is 3.53. The summed E-state index contributed by atoms with van der Waals surface area (Å²) >= 11 is 0. The van der Waals surface area contributed by atoms with Crippen molar-refractivity contribution in [3.8, 4) is 0 Å². The SMILES string of the molecule is CC(C)c1nn(C)cc1C1NCCOC12CN(C(=O)OC(C)(C)C)C2. The molecule has 7 nitrogen and oxygen atoms in total. The fourth-order valence-electron chi connectivity index (χ4n) is 3.64. The van der Waals surface area contributed by atoms with Crippen LogP contribution in [0.15, 0.2) is 6.20 Å². The second-order valence-corrected chi connectivity index (χ2v) is 8.43. The summed E-state index contributed by atoms with van der Waals surface area (Å²) in [6.07, 6.45) is 1.79. The Morgan fingerprint density at radius 2 is 2.12 bits per heavy atom. The van der Waals surface area contributed by atoms with E-state index in [1.807, 2.05) is 32.5 Å². The van der Waals surface area contributed by atoms with E-state index in [9.17, 15) is 4.79 Å². The van der Waals surface area contributed by atoms with Crippen LogP contribution in [0.25, 0.3) is 0 Å². The second kappa shape index (κ2) is 6.29. The first-order valence-corrected chi connectivity index (χ1v) is 9.00. The summed E-state index contributed by atoms with van der Waals surface area (Å²) in [6.45, 7) is 12.5. The van der Waals surface area contributed by atoms with Crippen LogP contribution in [0.3, 0.4) is 0 Å². The van der Waals surface area contributed by atoms with E-state index < -0.39 is 11.2 Å². The lowest BCUT2D eigenvalue weighted by molar-refractivity contribution is -0.176. The fourth-order valence-corrected chi connectivity index (χ4v) is 3.64. The molecule has 0 aromatic carbocycles. The molecule has 0 aliphatic carbocycles. The van der Waals surface area contributed by atoms with Crippen LogP contribution in [0.4, 0.5) is 4.79 Å². The highest BCUT2D eigenvalue weighted by Crippen LogP contribution is 2.41. The van der Waals surface area contributed by atoms with Gasteiger partial charge in [-0.2, -0.15) is 5.10 Å². The normalized spacial score (nSPS) is 23.0. The highest BCUT2D eigenvalue weighted by Gasteiger charge is 2.55. The largest absolute Gasteiger partial charge is 0.444 e. The maximum absolute atomic E-state index is 12.3. The third-order valence-corrected chi connectivity index (χ3v) is 4.68. The van der Waals surface area contributed by atoms with Crippen molar-refractivity contribution in [2.75, 3.05) is 26.2 Å². The molecule has 140 valence electrons. The van der Waals surface area contributed by atoms with Crippen LogP contribution in [0.2, 0.25) is 0 Å². The molecule has 1 unspecified atom stereocenters. The average Bonchev–Trinajstić information content (AvgIpc) is 2.84. The molecule has 25 heavy (non-hydrogen) atoms. The van der Waals surface area contributed by atoms with Gasteiger partial charge in [0.25, 0.3) is 0 Å². The monoisotopic (exact) mass is 350 g/mol. The van der Waals surface area contributed by atoms with Gasteiger partial charge >= 0.3 is 6.09 Å². The molecule has 2 saturated heterocycles. The van der Waals surface area contributed by atoms with Gasteiger partial charge in [0.1, 0.15) is 11.2 Å². The zero-order chi connectivity index (χ0) is 18.4. The molecule has 1 atom stereocenters. The first-order valence-electron chi connectivity index (χ1n) is 9.00. The number of aromatic nitrogens is 2. The number of rotatable bonds is 2. The maximum atomic E-state index is 12.3. The van der Waals surface area contributed by atoms with Crippen LogP contribution in [-0.2, 0) is 16.5 Å². The molecule has 1 amide bonds. The minimum atomic E-state index is -0.487. The van der Waals surface area contributed by atoms with Crippen molar-refractivity contribution in [2.24, 2.45) is 7.05 Å². The number of hydrogen-bond acceptors (Lipinski definition) is 5. The Morgan fingerprint density at radius 1 is 1.44 bits per heavy atom. The van der Waals surface area contributed by atoms with E-state index in [1.165, 1.54) is 5.56 Å². The first kappa shape index (κ1) is 18.2. The number of carbonyl (C=O) groups excluding carboxylic acids is 1. The summed E-state index contributed by atoms with van der Waals surface area (Å²) in [6, 6.07) is 0.0334. The Kier molecular flexibility index (Phi) is 4.58. The van der Waals surface area contributed by atoms with Crippen molar-refractivity contribution >= 4 is 6.09 Å². The van der Waals surface area contributed by atoms with E-state index in [0.29, 0.717) is 25.6 Å². The van der Waals surface area contributed by atoms with Crippen LogP contribution < -0.4 is 5.32 Å². The van der Waals surface area contributed by atoms with Gasteiger partial charge in [0, 0.05) is 25.4 Å². The fraction of sp³-hybridized carbons (Fsp3) is 0.778. The summed E-state index contributed by atoms with van der Waals surface area (Å²) in [5, 5.41) is 8.22. The molecule has 2 aliphatic rings. The molecule has 3 rings (SSSR count). The number of carbonyl (C=O) groups is 1. The van der Waals surface area contributed by atoms with E-state index >= 15 is 0 Å². The van der Waals surface area contributed by atoms with Gasteiger partial charge in [-0.05, 0) is 26.7 Å². The molecule has 2 aliphatic heterocycles. The van der Waals surface area contributed by atoms with Crippen LogP contribution >= 0.6 is 0 Å². The first-order chi connectivity index (χ1) is 11.6. The lowest BCUT2D eigenvalue weighted by Gasteiger charge is -2.55. The van der Waals surface area contributed by atoms with Gasteiger partial charge in [0.05, 0.1) is 31.4 Å². The number of likely N-dealkylation sites (tertiary alicyclic amines) is 1. The number of aryl methyl sites for hydroxylation is 1. The quantitative estimate of drug-likeness (QED) is 0.885. The van der Waals surface area contributed by atoms with Gasteiger partial charge in [-0.3, -0.25) is 4.68 Å². The lowest BCUT2D eigenvalue weighted by atomic mass is 9.80. The molecule has 0 bridgehead atoms. The summed E-state index contributed by atoms with van der Waals surface area (Å²) in [4.78, 5) is 14.0. The van der Waals surface area contributed by atoms with Crippen LogP contribution in [0.5, 0.6) is 0 Å². The van der Waals surface area contributed by atoms with Crippen molar-refractivity contribution in [3.05, 3.63) is 17.5 Å². The number of ether oxygens (including phenoxy) is 2. The molecule has 3 heterocycles. The highest BCUT2D eigenvalue weighted by atomic mass is 16.6. The Balaban J connectivity index is 1.79. The van der Waals surface area contributed by atoms with E-state index in [1.54, 1.807) is 4.90 Å². The Labute approximate surface area is 149 Å². The molecule has 1 spiro atoms. The molecule has 1 aromatic heterocycles. The zero-order valence-electron chi connectivity index (χ0n) is 16.1. The van der Waals surface area contributed by atoms with Crippen molar-refractivity contribution in [3.63, 3.8) is 0 Å². The summed E-state index contributed by atoms with van der Waals surface area (Å²) in [7, 11) is 1.94. The van der Waals surface area contributed by atoms with E-state index in [0.717, 1.165) is 12.2 Å². The van der Waals surface area contributed by atoms with E-state index in [4.69, 9.17) is 9.47 Å². The Bertz CT molecular complexity index is 641. The number of nitrogens with one attached hydrogen (secondary N) is 1. The van der Waals surface area contributed by atoms with Crippen LogP contribution in [0, 0.1) is 0 Å². The summed E-state index contributed by atoms with van der Waals surface area (Å²) < 4.78 is 13.5. The maximum Gasteiger partial charge on any atom is 0.410 e. The molecular weight excluding hydrogens is 320 g/mol. The van der Waals surface area contributed by atoms with Gasteiger partial charge in [-0.1, -0.05) is 13.8 Å². The highest BCUT2D eigenvalue weighted by molar-refractivity contribution is 5.70. The molecular formula is C18H30N4O3. The van der Waals surface area contributed by atoms with Crippen molar-refractivity contribution in [1.29, 1.82) is 0 Å². The topological polar surface area (TPSA) is 68.6 Å². The molecule has 0 radical (unpaired) electrons. The van der Waals surface area contributed by atoms with Gasteiger partial charge in [0.15, 0.2) is 0 Å². The van der Waals surface area contributed by atoms with Crippen molar-refractivity contribution < 1.29 is 14.3 Å². The van der Waals surface area contributed by atoms with Gasteiger partial charge in [0.2, 0.25) is 0 Å². The molecule has 1 aromatic rings. The van der Waals surface area contributed by atoms with Crippen molar-refractivity contribution in [2.45, 2.75) is 57.8 Å². The van der Waals surface area contributed by atoms with Crippen LogP contribution in [-0.4, -0.2) is 58.2 Å². The molecule has 1 N–H and O–H groups in total. The third-order valence-electron chi connectivity index (χ3n) is 4.68. The summed E-state index contributed by atoms with van der Waals surface area (Å²) in [5.74, 6) is 0.332. The Hall–Kier alpha value is -1.60. The minimum absolute atomic E-state index is 0.0334. The predicted octanol–water partition coefficient (Wildman–Crippen LogP) is 2.19. The Morgan fingerprint density at radius 3 is 2.72 bits per heavy atom. The number of amides is 1. The zero-order valence-corrected chi connectivity index (χ0v) is 16.1. The van der Waals surface area contributed by atoms with Gasteiger partial charge in [-0.25, -0.2) is 4.79 Å². The van der Waals surface area contributed by atoms with E-state index in [2.05, 4.69) is 30.5 Å². The lowest BCUT2D eigenvalue weighted by Crippen LogP contribution is -2.72. The van der Waals surface area contributed by atoms with Crippen LogP contribution in [0.1, 0.15) is 57.8 Å². The summed E-state index contributed by atoms with van der Waals surface area (Å²) in [5.41, 5.74) is 1.36.